The SMILES string of the molecule is Cc1ccc(CN(CC(=O)NCc2ccc(S(N)(=O)=O)cc2)S(=O)(=O)c2c(C)cc(C)cc2C)cc1. The van der Waals surface area contributed by atoms with Gasteiger partial charge in [0.25, 0.3) is 0 Å². The monoisotopic (exact) mass is 529 g/mol. The molecule has 36 heavy (non-hydrogen) atoms. The fourth-order valence-corrected chi connectivity index (χ4v) is 6.35. The van der Waals surface area contributed by atoms with Gasteiger partial charge in [0.05, 0.1) is 16.3 Å². The molecule has 0 aliphatic rings. The van der Waals surface area contributed by atoms with Gasteiger partial charge in [-0.1, -0.05) is 59.7 Å². The van der Waals surface area contributed by atoms with Crippen LogP contribution in [0.4, 0.5) is 0 Å². The molecule has 0 heterocycles. The van der Waals surface area contributed by atoms with Crippen molar-refractivity contribution >= 4 is 26.0 Å². The third-order valence-corrected chi connectivity index (χ3v) is 8.77. The van der Waals surface area contributed by atoms with Gasteiger partial charge in [0.15, 0.2) is 0 Å². The highest BCUT2D eigenvalue weighted by Gasteiger charge is 2.30. The molecule has 0 spiro atoms. The molecule has 192 valence electrons. The molecule has 0 fully saturated rings. The lowest BCUT2D eigenvalue weighted by atomic mass is 10.1. The molecular formula is C26H31N3O5S2. The van der Waals surface area contributed by atoms with E-state index < -0.39 is 26.0 Å². The fourth-order valence-electron chi connectivity index (χ4n) is 4.04. The van der Waals surface area contributed by atoms with Crippen LogP contribution in [0.3, 0.4) is 0 Å². The topological polar surface area (TPSA) is 127 Å². The highest BCUT2D eigenvalue weighted by molar-refractivity contribution is 7.89. The maximum absolute atomic E-state index is 13.8. The van der Waals surface area contributed by atoms with Gasteiger partial charge in [-0.2, -0.15) is 4.31 Å². The first-order valence-corrected chi connectivity index (χ1v) is 14.3. The number of amides is 1. The van der Waals surface area contributed by atoms with Crippen LogP contribution >= 0.6 is 0 Å². The van der Waals surface area contributed by atoms with Gasteiger partial charge in [0.1, 0.15) is 0 Å². The molecule has 3 aromatic rings. The highest BCUT2D eigenvalue weighted by Crippen LogP contribution is 2.26. The van der Waals surface area contributed by atoms with E-state index in [4.69, 9.17) is 5.14 Å². The lowest BCUT2D eigenvalue weighted by Gasteiger charge is -2.24. The van der Waals surface area contributed by atoms with Gasteiger partial charge >= 0.3 is 0 Å². The van der Waals surface area contributed by atoms with E-state index in [9.17, 15) is 21.6 Å². The normalized spacial score (nSPS) is 12.1. The number of nitrogens with one attached hydrogen (secondary N) is 1. The van der Waals surface area contributed by atoms with Crippen molar-refractivity contribution < 1.29 is 21.6 Å². The van der Waals surface area contributed by atoms with E-state index in [1.165, 1.54) is 16.4 Å². The summed E-state index contributed by atoms with van der Waals surface area (Å²) in [5.41, 5.74) is 4.66. The zero-order valence-electron chi connectivity index (χ0n) is 20.8. The smallest absolute Gasteiger partial charge is 0.244 e. The van der Waals surface area contributed by atoms with Gasteiger partial charge in [-0.15, -0.1) is 0 Å². The Balaban J connectivity index is 1.84. The lowest BCUT2D eigenvalue weighted by molar-refractivity contribution is -0.121. The Labute approximate surface area is 213 Å². The van der Waals surface area contributed by atoms with Crippen LogP contribution in [0.15, 0.2) is 70.5 Å². The number of carbonyl (C=O) groups is 1. The zero-order chi connectivity index (χ0) is 26.7. The Kier molecular flexibility index (Phi) is 8.35. The van der Waals surface area contributed by atoms with Crippen molar-refractivity contribution in [1.29, 1.82) is 0 Å². The highest BCUT2D eigenvalue weighted by atomic mass is 32.2. The minimum Gasteiger partial charge on any atom is -0.351 e. The van der Waals surface area contributed by atoms with Crippen LogP contribution in [0.2, 0.25) is 0 Å². The molecule has 0 aliphatic heterocycles. The summed E-state index contributed by atoms with van der Waals surface area (Å²) in [6.07, 6.45) is 0. The van der Waals surface area contributed by atoms with E-state index in [2.05, 4.69) is 5.32 Å². The summed E-state index contributed by atoms with van der Waals surface area (Å²) in [4.78, 5) is 13.0. The first-order valence-electron chi connectivity index (χ1n) is 11.3. The van der Waals surface area contributed by atoms with Gasteiger partial charge in [-0.05, 0) is 62.1 Å². The van der Waals surface area contributed by atoms with E-state index >= 15 is 0 Å². The third kappa shape index (κ3) is 6.79. The largest absolute Gasteiger partial charge is 0.351 e. The Morgan fingerprint density at radius 3 is 1.86 bits per heavy atom. The maximum Gasteiger partial charge on any atom is 0.244 e. The number of hydrogen-bond donors (Lipinski definition) is 2. The number of sulfonamides is 2. The van der Waals surface area contributed by atoms with Crippen molar-refractivity contribution in [2.24, 2.45) is 5.14 Å². The van der Waals surface area contributed by atoms with Crippen LogP contribution in [0, 0.1) is 27.7 Å². The van der Waals surface area contributed by atoms with E-state index in [0.717, 1.165) is 16.7 Å². The summed E-state index contributed by atoms with van der Waals surface area (Å²) in [6, 6.07) is 16.9. The molecule has 0 saturated heterocycles. The van der Waals surface area contributed by atoms with Gasteiger partial charge in [0, 0.05) is 13.1 Å². The number of nitrogens with two attached hydrogens (primary N) is 1. The predicted octanol–water partition coefficient (Wildman–Crippen LogP) is 3.07. The average Bonchev–Trinajstić information content (AvgIpc) is 2.77. The predicted molar refractivity (Wildman–Crippen MR) is 139 cm³/mol. The summed E-state index contributed by atoms with van der Waals surface area (Å²) in [7, 11) is -7.81. The summed E-state index contributed by atoms with van der Waals surface area (Å²) in [5, 5.41) is 7.83. The molecule has 0 aromatic heterocycles. The van der Waals surface area contributed by atoms with Crippen molar-refractivity contribution in [1.82, 2.24) is 9.62 Å². The molecule has 0 radical (unpaired) electrons. The molecule has 0 atom stereocenters. The van der Waals surface area contributed by atoms with Crippen molar-refractivity contribution in [2.45, 2.75) is 50.6 Å². The lowest BCUT2D eigenvalue weighted by Crippen LogP contribution is -2.40. The van der Waals surface area contributed by atoms with Crippen molar-refractivity contribution in [3.05, 3.63) is 94.0 Å². The Morgan fingerprint density at radius 1 is 0.806 bits per heavy atom. The quantitative estimate of drug-likeness (QED) is 0.441. The first-order chi connectivity index (χ1) is 16.8. The van der Waals surface area contributed by atoms with Gasteiger partial charge in [-0.25, -0.2) is 22.0 Å². The standard InChI is InChI=1S/C26H31N3O5S2/c1-18-5-7-23(8-6-18)16-29(36(33,34)26-20(3)13-19(2)14-21(26)4)17-25(30)28-15-22-9-11-24(12-10-22)35(27,31)32/h5-14H,15-17H2,1-4H3,(H,28,30)(H2,27,31,32). The van der Waals surface area contributed by atoms with Crippen LogP contribution < -0.4 is 10.5 Å². The summed E-state index contributed by atoms with van der Waals surface area (Å²) >= 11 is 0. The molecule has 1 amide bonds. The fraction of sp³-hybridized carbons (Fsp3) is 0.269. The molecule has 0 aliphatic carbocycles. The average molecular weight is 530 g/mol. The Morgan fingerprint density at radius 2 is 1.33 bits per heavy atom. The molecular weight excluding hydrogens is 498 g/mol. The van der Waals surface area contributed by atoms with E-state index in [0.29, 0.717) is 16.7 Å². The van der Waals surface area contributed by atoms with Crippen LogP contribution in [0.25, 0.3) is 0 Å². The second-order valence-corrected chi connectivity index (χ2v) is 12.4. The Hall–Kier alpha value is -3.05. The number of primary sulfonamides is 1. The molecule has 0 bridgehead atoms. The number of hydrogen-bond acceptors (Lipinski definition) is 5. The molecule has 3 aromatic carbocycles. The summed E-state index contributed by atoms with van der Waals surface area (Å²) in [5.74, 6) is -0.483. The van der Waals surface area contributed by atoms with Crippen LogP contribution in [-0.4, -0.2) is 33.6 Å². The Bertz CT molecular complexity index is 1440. The third-order valence-electron chi connectivity index (χ3n) is 5.74. The summed E-state index contributed by atoms with van der Waals surface area (Å²) in [6.45, 7) is 7.11. The molecule has 8 nitrogen and oxygen atoms in total. The van der Waals surface area contributed by atoms with Gasteiger partial charge in [0.2, 0.25) is 26.0 Å². The number of aryl methyl sites for hydroxylation is 4. The number of nitrogens with zero attached hydrogens (tertiary/aromatic N) is 1. The number of rotatable bonds is 9. The second kappa shape index (κ2) is 10.9. The molecule has 0 unspecified atom stereocenters. The zero-order valence-corrected chi connectivity index (χ0v) is 22.4. The number of carbonyl (C=O) groups excluding carboxylic acids is 1. The summed E-state index contributed by atoms with van der Waals surface area (Å²) < 4.78 is 51.6. The van der Waals surface area contributed by atoms with Crippen molar-refractivity contribution in [2.75, 3.05) is 6.54 Å². The van der Waals surface area contributed by atoms with Crippen molar-refractivity contribution in [3.63, 3.8) is 0 Å². The van der Waals surface area contributed by atoms with Crippen LogP contribution in [0.5, 0.6) is 0 Å². The minimum absolute atomic E-state index is 0.0308. The second-order valence-electron chi connectivity index (χ2n) is 8.95. The molecule has 3 N–H and O–H groups in total. The van der Waals surface area contributed by atoms with E-state index in [1.54, 1.807) is 26.0 Å². The minimum atomic E-state index is -4.00. The van der Waals surface area contributed by atoms with Gasteiger partial charge < -0.3 is 5.32 Å². The first kappa shape index (κ1) is 27.5. The van der Waals surface area contributed by atoms with E-state index in [-0.39, 0.29) is 29.4 Å². The van der Waals surface area contributed by atoms with Crippen molar-refractivity contribution in [3.8, 4) is 0 Å². The van der Waals surface area contributed by atoms with E-state index in [1.807, 2.05) is 50.2 Å². The van der Waals surface area contributed by atoms with Crippen LogP contribution in [-0.2, 0) is 37.9 Å². The van der Waals surface area contributed by atoms with Gasteiger partial charge in [-0.3, -0.25) is 4.79 Å². The molecule has 10 heteroatoms. The molecule has 0 saturated carbocycles. The van der Waals surface area contributed by atoms with Crippen LogP contribution in [0.1, 0.15) is 33.4 Å². The molecule has 3 rings (SSSR count). The number of benzene rings is 3. The maximum atomic E-state index is 13.8.